The van der Waals surface area contributed by atoms with Gasteiger partial charge in [-0.15, -0.1) is 0 Å². The van der Waals surface area contributed by atoms with Gasteiger partial charge in [-0.05, 0) is 38.1 Å². The van der Waals surface area contributed by atoms with Crippen molar-refractivity contribution < 1.29 is 4.79 Å². The number of carbonyl (C=O) groups excluding carboxylic acids is 1. The minimum atomic E-state index is -0.342. The van der Waals surface area contributed by atoms with Crippen LogP contribution in [0.1, 0.15) is 21.7 Å². The first-order valence-electron chi connectivity index (χ1n) is 9.40. The third-order valence-corrected chi connectivity index (χ3v) is 5.19. The number of benzene rings is 1. The number of nitrogens with zero attached hydrogens (tertiary/aromatic N) is 4. The fourth-order valence-electron chi connectivity index (χ4n) is 3.81. The van der Waals surface area contributed by atoms with Crippen molar-refractivity contribution in [1.82, 2.24) is 19.7 Å². The quantitative estimate of drug-likeness (QED) is 0.759. The summed E-state index contributed by atoms with van der Waals surface area (Å²) >= 11 is 0. The van der Waals surface area contributed by atoms with E-state index in [9.17, 15) is 9.59 Å². The molecule has 7 nitrogen and oxygen atoms in total. The van der Waals surface area contributed by atoms with E-state index in [2.05, 4.69) is 16.8 Å². The topological polar surface area (TPSA) is 74.2 Å². The lowest BCUT2D eigenvalue weighted by Crippen LogP contribution is -2.49. The average molecular weight is 377 g/mol. The lowest BCUT2D eigenvalue weighted by molar-refractivity contribution is 0.0745. The SMILES string of the molecule is Cc1nn(-c2ccccc2)c(C)c1N1CCN(C(=O)c2ccc[nH]c2=O)CC1. The summed E-state index contributed by atoms with van der Waals surface area (Å²) in [5.41, 5.74) is 4.06. The third kappa shape index (κ3) is 3.19. The number of aromatic amines is 1. The number of aromatic nitrogens is 3. The number of rotatable bonds is 3. The maximum Gasteiger partial charge on any atom is 0.260 e. The molecule has 144 valence electrons. The van der Waals surface area contributed by atoms with Crippen molar-refractivity contribution in [3.05, 3.63) is 76.0 Å². The summed E-state index contributed by atoms with van der Waals surface area (Å²) in [4.78, 5) is 31.1. The highest BCUT2D eigenvalue weighted by Crippen LogP contribution is 2.27. The summed E-state index contributed by atoms with van der Waals surface area (Å²) < 4.78 is 1.96. The standard InChI is InChI=1S/C21H23N5O2/c1-15-19(16(2)26(23-15)17-7-4-3-5-8-17)24-11-13-25(14-12-24)21(28)18-9-6-10-22-20(18)27/h3-10H,11-14H2,1-2H3,(H,22,27). The van der Waals surface area contributed by atoms with Crippen LogP contribution in [-0.2, 0) is 0 Å². The molecule has 0 spiro atoms. The number of carbonyl (C=O) groups is 1. The highest BCUT2D eigenvalue weighted by molar-refractivity contribution is 5.94. The zero-order valence-electron chi connectivity index (χ0n) is 16.1. The number of hydrogen-bond acceptors (Lipinski definition) is 4. The van der Waals surface area contributed by atoms with Gasteiger partial charge in [0.1, 0.15) is 5.56 Å². The van der Waals surface area contributed by atoms with Gasteiger partial charge in [0.15, 0.2) is 0 Å². The van der Waals surface area contributed by atoms with E-state index >= 15 is 0 Å². The Balaban J connectivity index is 1.52. The first kappa shape index (κ1) is 18.0. The summed E-state index contributed by atoms with van der Waals surface area (Å²) in [6.07, 6.45) is 1.53. The normalized spacial score (nSPS) is 14.4. The Kier molecular flexibility index (Phi) is 4.73. The average Bonchev–Trinajstić information content (AvgIpc) is 3.03. The Hall–Kier alpha value is -3.35. The number of anilines is 1. The Morgan fingerprint density at radius 1 is 1.00 bits per heavy atom. The summed E-state index contributed by atoms with van der Waals surface area (Å²) in [5.74, 6) is -0.213. The smallest absolute Gasteiger partial charge is 0.260 e. The van der Waals surface area contributed by atoms with E-state index in [0.29, 0.717) is 26.2 Å². The second-order valence-electron chi connectivity index (χ2n) is 6.96. The molecule has 4 rings (SSSR count). The summed E-state index contributed by atoms with van der Waals surface area (Å²) in [6, 6.07) is 13.3. The Morgan fingerprint density at radius 2 is 1.71 bits per heavy atom. The summed E-state index contributed by atoms with van der Waals surface area (Å²) in [6.45, 7) is 6.65. The van der Waals surface area contributed by atoms with Gasteiger partial charge in [-0.1, -0.05) is 18.2 Å². The van der Waals surface area contributed by atoms with E-state index in [-0.39, 0.29) is 17.0 Å². The summed E-state index contributed by atoms with van der Waals surface area (Å²) in [7, 11) is 0. The zero-order valence-corrected chi connectivity index (χ0v) is 16.1. The van der Waals surface area contributed by atoms with E-state index in [1.165, 1.54) is 6.20 Å². The van der Waals surface area contributed by atoms with Gasteiger partial charge in [-0.3, -0.25) is 9.59 Å². The third-order valence-electron chi connectivity index (χ3n) is 5.19. The van der Waals surface area contributed by atoms with Crippen LogP contribution in [0.15, 0.2) is 53.5 Å². The van der Waals surface area contributed by atoms with Gasteiger partial charge < -0.3 is 14.8 Å². The lowest BCUT2D eigenvalue weighted by atomic mass is 10.2. The van der Waals surface area contributed by atoms with Crippen LogP contribution < -0.4 is 10.5 Å². The van der Waals surface area contributed by atoms with Crippen LogP contribution in [0.25, 0.3) is 5.69 Å². The number of pyridine rings is 1. The van der Waals surface area contributed by atoms with Gasteiger partial charge in [0.05, 0.1) is 22.8 Å². The van der Waals surface area contributed by atoms with Crippen molar-refractivity contribution in [2.24, 2.45) is 0 Å². The van der Waals surface area contributed by atoms with Crippen LogP contribution in [0.2, 0.25) is 0 Å². The molecule has 0 saturated carbocycles. The molecule has 28 heavy (non-hydrogen) atoms. The zero-order chi connectivity index (χ0) is 19.7. The molecule has 0 bridgehead atoms. The Labute approximate surface area is 163 Å². The monoisotopic (exact) mass is 377 g/mol. The fraction of sp³-hybridized carbons (Fsp3) is 0.286. The number of aryl methyl sites for hydroxylation is 1. The van der Waals surface area contributed by atoms with Crippen LogP contribution in [0.4, 0.5) is 5.69 Å². The number of piperazine rings is 1. The van der Waals surface area contributed by atoms with Crippen LogP contribution in [0.3, 0.4) is 0 Å². The van der Waals surface area contributed by atoms with Gasteiger partial charge in [0.25, 0.3) is 11.5 Å². The number of hydrogen-bond donors (Lipinski definition) is 1. The molecule has 7 heteroatoms. The minimum absolute atomic E-state index is 0.195. The van der Waals surface area contributed by atoms with Gasteiger partial charge >= 0.3 is 0 Å². The second kappa shape index (κ2) is 7.34. The molecule has 0 atom stereocenters. The molecule has 0 unspecified atom stereocenters. The van der Waals surface area contributed by atoms with E-state index in [1.54, 1.807) is 17.0 Å². The van der Waals surface area contributed by atoms with Gasteiger partial charge in [-0.2, -0.15) is 5.10 Å². The molecule has 1 saturated heterocycles. The lowest BCUT2D eigenvalue weighted by Gasteiger charge is -2.36. The van der Waals surface area contributed by atoms with Crippen LogP contribution in [0.5, 0.6) is 0 Å². The molecular formula is C21H23N5O2. The molecule has 1 amide bonds. The van der Waals surface area contributed by atoms with Crippen molar-refractivity contribution in [3.8, 4) is 5.69 Å². The molecule has 2 aromatic heterocycles. The molecule has 1 aliphatic heterocycles. The van der Waals surface area contributed by atoms with E-state index < -0.39 is 0 Å². The maximum atomic E-state index is 12.7. The van der Waals surface area contributed by atoms with Crippen molar-refractivity contribution in [2.75, 3.05) is 31.1 Å². The molecule has 1 aromatic carbocycles. The first-order valence-corrected chi connectivity index (χ1v) is 9.40. The fourth-order valence-corrected chi connectivity index (χ4v) is 3.81. The van der Waals surface area contributed by atoms with Crippen LogP contribution >= 0.6 is 0 Å². The van der Waals surface area contributed by atoms with E-state index in [1.807, 2.05) is 41.9 Å². The van der Waals surface area contributed by atoms with Gasteiger partial charge in [-0.25, -0.2) is 4.68 Å². The number of amides is 1. The van der Waals surface area contributed by atoms with Crippen LogP contribution in [-0.4, -0.2) is 51.8 Å². The van der Waals surface area contributed by atoms with E-state index in [0.717, 1.165) is 22.8 Å². The minimum Gasteiger partial charge on any atom is -0.365 e. The molecular weight excluding hydrogens is 354 g/mol. The second-order valence-corrected chi connectivity index (χ2v) is 6.96. The molecule has 1 fully saturated rings. The van der Waals surface area contributed by atoms with E-state index in [4.69, 9.17) is 5.10 Å². The predicted octanol–water partition coefficient (Wildman–Crippen LogP) is 2.14. The molecule has 3 aromatic rings. The number of nitrogens with one attached hydrogen (secondary N) is 1. The number of H-pyrrole nitrogens is 1. The van der Waals surface area contributed by atoms with Crippen molar-refractivity contribution in [2.45, 2.75) is 13.8 Å². The Morgan fingerprint density at radius 3 is 2.39 bits per heavy atom. The largest absolute Gasteiger partial charge is 0.365 e. The van der Waals surface area contributed by atoms with Gasteiger partial charge in [0.2, 0.25) is 0 Å². The highest BCUT2D eigenvalue weighted by atomic mass is 16.2. The number of para-hydroxylation sites is 1. The molecule has 0 radical (unpaired) electrons. The van der Waals surface area contributed by atoms with Crippen molar-refractivity contribution >= 4 is 11.6 Å². The van der Waals surface area contributed by atoms with Gasteiger partial charge in [0, 0.05) is 32.4 Å². The Bertz CT molecular complexity index is 1050. The van der Waals surface area contributed by atoms with Crippen molar-refractivity contribution in [3.63, 3.8) is 0 Å². The molecule has 3 heterocycles. The van der Waals surface area contributed by atoms with Crippen LogP contribution in [0, 0.1) is 13.8 Å². The first-order chi connectivity index (χ1) is 13.6. The summed E-state index contributed by atoms with van der Waals surface area (Å²) in [5, 5.41) is 4.72. The molecule has 1 aliphatic rings. The predicted molar refractivity (Wildman–Crippen MR) is 108 cm³/mol. The highest BCUT2D eigenvalue weighted by Gasteiger charge is 2.26. The molecule has 0 aliphatic carbocycles. The maximum absolute atomic E-state index is 12.7. The molecule has 1 N–H and O–H groups in total. The van der Waals surface area contributed by atoms with Crippen molar-refractivity contribution in [1.29, 1.82) is 0 Å².